The average molecular weight is 290 g/mol. The van der Waals surface area contributed by atoms with Gasteiger partial charge in [-0.1, -0.05) is 31.9 Å². The van der Waals surface area contributed by atoms with E-state index < -0.39 is 0 Å². The molecule has 4 nitrogen and oxygen atoms in total. The van der Waals surface area contributed by atoms with Gasteiger partial charge in [-0.25, -0.2) is 0 Å². The molecule has 21 heavy (non-hydrogen) atoms. The van der Waals surface area contributed by atoms with Crippen LogP contribution < -0.4 is 10.5 Å². The molecule has 1 heterocycles. The molecular formula is C17H26N2O2. The smallest absolute Gasteiger partial charge is 0.260 e. The first kappa shape index (κ1) is 15.8. The van der Waals surface area contributed by atoms with Gasteiger partial charge in [-0.05, 0) is 37.0 Å². The Kier molecular flexibility index (Phi) is 6.05. The molecule has 0 aromatic heterocycles. The topological polar surface area (TPSA) is 55.6 Å². The van der Waals surface area contributed by atoms with E-state index in [2.05, 4.69) is 6.92 Å². The summed E-state index contributed by atoms with van der Waals surface area (Å²) in [4.78, 5) is 14.1. The highest BCUT2D eigenvalue weighted by Crippen LogP contribution is 2.18. The van der Waals surface area contributed by atoms with Crippen molar-refractivity contribution >= 4 is 5.91 Å². The van der Waals surface area contributed by atoms with Gasteiger partial charge in [-0.15, -0.1) is 0 Å². The van der Waals surface area contributed by atoms with Gasteiger partial charge in [0.1, 0.15) is 5.75 Å². The highest BCUT2D eigenvalue weighted by molar-refractivity contribution is 5.77. The Morgan fingerprint density at radius 1 is 1.19 bits per heavy atom. The number of carbonyl (C=O) groups is 1. The Morgan fingerprint density at radius 2 is 1.81 bits per heavy atom. The Hall–Kier alpha value is -1.55. The van der Waals surface area contributed by atoms with E-state index in [0.717, 1.165) is 43.7 Å². The fourth-order valence-corrected chi connectivity index (χ4v) is 2.60. The van der Waals surface area contributed by atoms with Crippen LogP contribution in [-0.2, 0) is 4.79 Å². The van der Waals surface area contributed by atoms with Gasteiger partial charge in [0.15, 0.2) is 6.61 Å². The van der Waals surface area contributed by atoms with Gasteiger partial charge in [-0.3, -0.25) is 4.79 Å². The zero-order valence-electron chi connectivity index (χ0n) is 12.9. The molecule has 0 saturated carbocycles. The van der Waals surface area contributed by atoms with Crippen LogP contribution in [0.1, 0.15) is 50.6 Å². The lowest BCUT2D eigenvalue weighted by atomic mass is 10.1. The third-order valence-corrected chi connectivity index (χ3v) is 4.07. The van der Waals surface area contributed by atoms with Gasteiger partial charge in [0.05, 0.1) is 0 Å². The van der Waals surface area contributed by atoms with Crippen LogP contribution in [0.15, 0.2) is 24.3 Å². The predicted octanol–water partition coefficient (Wildman–Crippen LogP) is 2.88. The molecule has 4 heteroatoms. The second kappa shape index (κ2) is 8.03. The van der Waals surface area contributed by atoms with Gasteiger partial charge < -0.3 is 15.4 Å². The summed E-state index contributed by atoms with van der Waals surface area (Å²) < 4.78 is 5.60. The number of rotatable bonds is 5. The average Bonchev–Trinajstić information content (AvgIpc) is 2.81. The first-order valence-electron chi connectivity index (χ1n) is 7.97. The van der Waals surface area contributed by atoms with E-state index >= 15 is 0 Å². The lowest BCUT2D eigenvalue weighted by molar-refractivity contribution is -0.133. The van der Waals surface area contributed by atoms with E-state index in [-0.39, 0.29) is 18.6 Å². The monoisotopic (exact) mass is 290 g/mol. The second-order valence-electron chi connectivity index (χ2n) is 5.67. The van der Waals surface area contributed by atoms with Crippen LogP contribution in [0.5, 0.6) is 5.75 Å². The first-order valence-corrected chi connectivity index (χ1v) is 7.97. The maximum atomic E-state index is 12.1. The van der Waals surface area contributed by atoms with Crippen molar-refractivity contribution in [2.45, 2.75) is 45.1 Å². The first-order chi connectivity index (χ1) is 10.2. The number of hydrogen-bond donors (Lipinski definition) is 1. The normalized spacial score (nSPS) is 17.1. The van der Waals surface area contributed by atoms with Gasteiger partial charge in [0.25, 0.3) is 5.91 Å². The fraction of sp³-hybridized carbons (Fsp3) is 0.588. The third-order valence-electron chi connectivity index (χ3n) is 4.07. The van der Waals surface area contributed by atoms with E-state index in [1.165, 1.54) is 12.8 Å². The van der Waals surface area contributed by atoms with E-state index in [0.29, 0.717) is 0 Å². The van der Waals surface area contributed by atoms with Crippen LogP contribution in [-0.4, -0.2) is 30.5 Å². The molecule has 2 N–H and O–H groups in total. The minimum Gasteiger partial charge on any atom is -0.484 e. The molecule has 1 aromatic rings. The van der Waals surface area contributed by atoms with Crippen molar-refractivity contribution in [1.82, 2.24) is 4.90 Å². The largest absolute Gasteiger partial charge is 0.484 e. The molecule has 0 unspecified atom stereocenters. The number of carbonyl (C=O) groups excluding carboxylic acids is 1. The summed E-state index contributed by atoms with van der Waals surface area (Å²) in [5, 5.41) is 0. The number of ether oxygens (including phenoxy) is 1. The molecule has 0 spiro atoms. The summed E-state index contributed by atoms with van der Waals surface area (Å²) in [6.07, 6.45) is 5.58. The van der Waals surface area contributed by atoms with Crippen molar-refractivity contribution in [2.75, 3.05) is 19.7 Å². The molecule has 1 aliphatic rings. The Labute approximate surface area is 127 Å². The van der Waals surface area contributed by atoms with Gasteiger partial charge in [0.2, 0.25) is 0 Å². The van der Waals surface area contributed by atoms with Crippen molar-refractivity contribution in [2.24, 2.45) is 5.73 Å². The van der Waals surface area contributed by atoms with Gasteiger partial charge in [-0.2, -0.15) is 0 Å². The van der Waals surface area contributed by atoms with Crippen LogP contribution >= 0.6 is 0 Å². The highest BCUT2D eigenvalue weighted by atomic mass is 16.5. The second-order valence-corrected chi connectivity index (χ2v) is 5.67. The molecule has 0 radical (unpaired) electrons. The van der Waals surface area contributed by atoms with Crippen LogP contribution in [0.3, 0.4) is 0 Å². The molecule has 1 saturated heterocycles. The molecule has 1 amide bonds. The van der Waals surface area contributed by atoms with Crippen molar-refractivity contribution in [3.63, 3.8) is 0 Å². The summed E-state index contributed by atoms with van der Waals surface area (Å²) in [5.41, 5.74) is 7.08. The van der Waals surface area contributed by atoms with Crippen molar-refractivity contribution in [3.8, 4) is 5.75 Å². The molecule has 116 valence electrons. The Balaban J connectivity index is 1.83. The SMILES string of the molecule is CC[C@H](N)c1ccc(OCC(=O)N2CCCCCC2)cc1. The molecule has 1 aromatic carbocycles. The van der Waals surface area contributed by atoms with E-state index in [1.807, 2.05) is 29.2 Å². The van der Waals surface area contributed by atoms with Crippen molar-refractivity contribution in [3.05, 3.63) is 29.8 Å². The van der Waals surface area contributed by atoms with Gasteiger partial charge >= 0.3 is 0 Å². The van der Waals surface area contributed by atoms with Crippen molar-refractivity contribution < 1.29 is 9.53 Å². The number of benzene rings is 1. The van der Waals surface area contributed by atoms with Crippen LogP contribution in [0.25, 0.3) is 0 Å². The van der Waals surface area contributed by atoms with E-state index in [9.17, 15) is 4.79 Å². The van der Waals surface area contributed by atoms with Crippen LogP contribution in [0.2, 0.25) is 0 Å². The van der Waals surface area contributed by atoms with Crippen LogP contribution in [0.4, 0.5) is 0 Å². The minimum atomic E-state index is 0.0674. The van der Waals surface area contributed by atoms with E-state index in [1.54, 1.807) is 0 Å². The molecule has 1 atom stereocenters. The number of hydrogen-bond acceptors (Lipinski definition) is 3. The summed E-state index contributed by atoms with van der Waals surface area (Å²) in [5.74, 6) is 0.816. The molecule has 0 aliphatic carbocycles. The van der Waals surface area contributed by atoms with E-state index in [4.69, 9.17) is 10.5 Å². The fourth-order valence-electron chi connectivity index (χ4n) is 2.60. The highest BCUT2D eigenvalue weighted by Gasteiger charge is 2.15. The maximum Gasteiger partial charge on any atom is 0.260 e. The zero-order valence-corrected chi connectivity index (χ0v) is 12.9. The molecule has 1 aliphatic heterocycles. The summed E-state index contributed by atoms with van der Waals surface area (Å²) in [6, 6.07) is 7.79. The molecule has 0 bridgehead atoms. The minimum absolute atomic E-state index is 0.0674. The Bertz CT molecular complexity index is 437. The zero-order chi connectivity index (χ0) is 15.1. The quantitative estimate of drug-likeness (QED) is 0.907. The molecule has 2 rings (SSSR count). The molecule has 1 fully saturated rings. The number of nitrogens with zero attached hydrogens (tertiary/aromatic N) is 1. The predicted molar refractivity (Wildman–Crippen MR) is 84.2 cm³/mol. The lowest BCUT2D eigenvalue weighted by Crippen LogP contribution is -2.35. The summed E-state index contributed by atoms with van der Waals surface area (Å²) in [7, 11) is 0. The molecular weight excluding hydrogens is 264 g/mol. The van der Waals surface area contributed by atoms with Crippen molar-refractivity contribution in [1.29, 1.82) is 0 Å². The number of nitrogens with two attached hydrogens (primary N) is 1. The third kappa shape index (κ3) is 4.74. The number of amides is 1. The van der Waals surface area contributed by atoms with Gasteiger partial charge in [0, 0.05) is 19.1 Å². The lowest BCUT2D eigenvalue weighted by Gasteiger charge is -2.20. The standard InChI is InChI=1S/C17H26N2O2/c1-2-16(18)14-7-9-15(10-8-14)21-13-17(20)19-11-5-3-4-6-12-19/h7-10,16H,2-6,11-13,18H2,1H3/t16-/m0/s1. The maximum absolute atomic E-state index is 12.1. The number of likely N-dealkylation sites (tertiary alicyclic amines) is 1. The summed E-state index contributed by atoms with van der Waals surface area (Å²) >= 11 is 0. The summed E-state index contributed by atoms with van der Waals surface area (Å²) in [6.45, 7) is 3.92. The van der Waals surface area contributed by atoms with Crippen LogP contribution in [0, 0.1) is 0 Å². The Morgan fingerprint density at radius 3 is 2.38 bits per heavy atom.